The van der Waals surface area contributed by atoms with Crippen molar-refractivity contribution in [2.75, 3.05) is 18.5 Å². The van der Waals surface area contributed by atoms with Gasteiger partial charge in [0.25, 0.3) is 0 Å². The third-order valence-electron chi connectivity index (χ3n) is 2.79. The number of hydrogen-bond acceptors (Lipinski definition) is 3. The molecule has 0 saturated carbocycles. The Bertz CT molecular complexity index is 430. The van der Waals surface area contributed by atoms with Crippen LogP contribution < -0.4 is 15.4 Å². The van der Waals surface area contributed by atoms with E-state index in [-0.39, 0.29) is 5.91 Å². The number of hydrogen-bond donors (Lipinski definition) is 2. The van der Waals surface area contributed by atoms with Crippen molar-refractivity contribution in [3.8, 4) is 5.75 Å². The molecule has 1 aliphatic heterocycles. The van der Waals surface area contributed by atoms with E-state index >= 15 is 0 Å². The van der Waals surface area contributed by atoms with Gasteiger partial charge in [-0.25, -0.2) is 0 Å². The summed E-state index contributed by atoms with van der Waals surface area (Å²) >= 11 is 0. The zero-order valence-corrected chi connectivity index (χ0v) is 11.0. The van der Waals surface area contributed by atoms with E-state index in [1.807, 2.05) is 32.0 Å². The van der Waals surface area contributed by atoms with E-state index in [2.05, 4.69) is 10.6 Å². The Labute approximate surface area is 108 Å². The quantitative estimate of drug-likeness (QED) is 0.861. The Hall–Kier alpha value is -1.55. The second kappa shape index (κ2) is 5.87. The van der Waals surface area contributed by atoms with Gasteiger partial charge in [-0.2, -0.15) is 0 Å². The molecule has 0 spiro atoms. The van der Waals surface area contributed by atoms with Crippen LogP contribution in [0.4, 0.5) is 5.69 Å². The van der Waals surface area contributed by atoms with E-state index in [9.17, 15) is 4.79 Å². The van der Waals surface area contributed by atoms with Crippen LogP contribution in [0.2, 0.25) is 0 Å². The minimum Gasteiger partial charge on any atom is -0.492 e. The molecule has 4 heteroatoms. The van der Waals surface area contributed by atoms with Crippen LogP contribution in [-0.4, -0.2) is 19.1 Å². The van der Waals surface area contributed by atoms with Crippen molar-refractivity contribution < 1.29 is 9.53 Å². The van der Waals surface area contributed by atoms with Crippen molar-refractivity contribution in [1.82, 2.24) is 5.32 Å². The van der Waals surface area contributed by atoms with Gasteiger partial charge in [-0.05, 0) is 24.1 Å². The molecule has 2 N–H and O–H groups in total. The predicted molar refractivity (Wildman–Crippen MR) is 71.7 cm³/mol. The first-order valence-electron chi connectivity index (χ1n) is 6.41. The van der Waals surface area contributed by atoms with Gasteiger partial charge in [-0.3, -0.25) is 4.79 Å². The highest BCUT2D eigenvalue weighted by molar-refractivity contribution is 5.91. The number of ether oxygens (including phenoxy) is 1. The maximum atomic E-state index is 11.7. The lowest BCUT2D eigenvalue weighted by molar-refractivity contribution is -0.116. The molecule has 0 aromatic heterocycles. The first-order valence-corrected chi connectivity index (χ1v) is 6.41. The average molecular weight is 248 g/mol. The van der Waals surface area contributed by atoms with Crippen LogP contribution in [0.5, 0.6) is 5.75 Å². The van der Waals surface area contributed by atoms with Crippen LogP contribution in [0.1, 0.15) is 25.8 Å². The molecular weight excluding hydrogens is 228 g/mol. The summed E-state index contributed by atoms with van der Waals surface area (Å²) in [6.07, 6.45) is 0.547. The highest BCUT2D eigenvalue weighted by Gasteiger charge is 2.10. The fourth-order valence-corrected chi connectivity index (χ4v) is 1.98. The molecule has 0 unspecified atom stereocenters. The molecule has 0 fully saturated rings. The molecule has 0 radical (unpaired) electrons. The lowest BCUT2D eigenvalue weighted by Crippen LogP contribution is -2.16. The van der Waals surface area contributed by atoms with Crippen molar-refractivity contribution in [2.45, 2.75) is 26.8 Å². The highest BCUT2D eigenvalue weighted by atomic mass is 16.5. The molecule has 1 aromatic carbocycles. The van der Waals surface area contributed by atoms with Gasteiger partial charge in [-0.15, -0.1) is 0 Å². The lowest BCUT2D eigenvalue weighted by Gasteiger charge is -2.11. The number of rotatable bonds is 3. The average Bonchev–Trinajstić information content (AvgIpc) is 2.52. The summed E-state index contributed by atoms with van der Waals surface area (Å²) in [6.45, 7) is 6.39. The Kier molecular flexibility index (Phi) is 4.20. The molecule has 2 rings (SSSR count). The van der Waals surface area contributed by atoms with Crippen molar-refractivity contribution in [3.05, 3.63) is 23.8 Å². The van der Waals surface area contributed by atoms with Crippen molar-refractivity contribution in [1.29, 1.82) is 0 Å². The zero-order chi connectivity index (χ0) is 13.0. The molecule has 0 saturated heterocycles. The van der Waals surface area contributed by atoms with Crippen molar-refractivity contribution in [3.63, 3.8) is 0 Å². The normalized spacial score (nSPS) is 14.6. The fraction of sp³-hybridized carbons (Fsp3) is 0.500. The second-order valence-electron chi connectivity index (χ2n) is 4.99. The van der Waals surface area contributed by atoms with Gasteiger partial charge in [0, 0.05) is 30.8 Å². The Morgan fingerprint density at radius 3 is 3.11 bits per heavy atom. The van der Waals surface area contributed by atoms with E-state index in [0.29, 0.717) is 18.9 Å². The molecule has 0 atom stereocenters. The van der Waals surface area contributed by atoms with Gasteiger partial charge < -0.3 is 15.4 Å². The zero-order valence-electron chi connectivity index (χ0n) is 11.0. The number of anilines is 1. The number of carbonyl (C=O) groups excluding carboxylic acids is 1. The largest absolute Gasteiger partial charge is 0.492 e. The van der Waals surface area contributed by atoms with Crippen molar-refractivity contribution in [2.24, 2.45) is 5.92 Å². The molecule has 0 bridgehead atoms. The van der Waals surface area contributed by atoms with Crippen LogP contribution in [0.15, 0.2) is 18.2 Å². The fourth-order valence-electron chi connectivity index (χ4n) is 1.98. The lowest BCUT2D eigenvalue weighted by atomic mass is 10.1. The molecule has 4 nitrogen and oxygen atoms in total. The van der Waals surface area contributed by atoms with E-state index < -0.39 is 0 Å². The summed E-state index contributed by atoms with van der Waals surface area (Å²) in [4.78, 5) is 11.7. The summed E-state index contributed by atoms with van der Waals surface area (Å²) in [5, 5.41) is 6.20. The van der Waals surface area contributed by atoms with Crippen molar-refractivity contribution >= 4 is 11.6 Å². The monoisotopic (exact) mass is 248 g/mol. The molecule has 1 aliphatic rings. The van der Waals surface area contributed by atoms with Gasteiger partial charge in [0.1, 0.15) is 12.4 Å². The van der Waals surface area contributed by atoms with Gasteiger partial charge in [0.15, 0.2) is 0 Å². The predicted octanol–water partition coefficient (Wildman–Crippen LogP) is 2.15. The number of nitrogens with one attached hydrogen (secondary N) is 2. The van der Waals surface area contributed by atoms with Gasteiger partial charge >= 0.3 is 0 Å². The molecule has 1 heterocycles. The standard InChI is InChI=1S/C14H20N2O2/c1-10(2)7-14(17)16-12-3-4-13-11(8-12)9-15-5-6-18-13/h3-4,8,10,15H,5-7,9H2,1-2H3,(H,16,17). The summed E-state index contributed by atoms with van der Waals surface area (Å²) in [6, 6.07) is 5.79. The summed E-state index contributed by atoms with van der Waals surface area (Å²) in [7, 11) is 0. The Morgan fingerprint density at radius 1 is 1.50 bits per heavy atom. The summed E-state index contributed by atoms with van der Waals surface area (Å²) in [5.41, 5.74) is 1.93. The SMILES string of the molecule is CC(C)CC(=O)Nc1ccc2c(c1)CNCCO2. The van der Waals surface area contributed by atoms with Crippen LogP contribution in [-0.2, 0) is 11.3 Å². The van der Waals surface area contributed by atoms with Gasteiger partial charge in [0.2, 0.25) is 5.91 Å². The second-order valence-corrected chi connectivity index (χ2v) is 4.99. The maximum Gasteiger partial charge on any atom is 0.224 e. The maximum absolute atomic E-state index is 11.7. The van der Waals surface area contributed by atoms with E-state index in [4.69, 9.17) is 4.74 Å². The van der Waals surface area contributed by atoms with Crippen LogP contribution in [0.3, 0.4) is 0 Å². The Balaban J connectivity index is 2.06. The molecule has 0 aliphatic carbocycles. The van der Waals surface area contributed by atoms with Gasteiger partial charge in [0.05, 0.1) is 0 Å². The number of fused-ring (bicyclic) bond motifs is 1. The van der Waals surface area contributed by atoms with Crippen LogP contribution >= 0.6 is 0 Å². The van der Waals surface area contributed by atoms with Crippen LogP contribution in [0.25, 0.3) is 0 Å². The highest BCUT2D eigenvalue weighted by Crippen LogP contribution is 2.24. The van der Waals surface area contributed by atoms with E-state index in [1.54, 1.807) is 0 Å². The molecule has 98 valence electrons. The third kappa shape index (κ3) is 3.47. The number of benzene rings is 1. The minimum atomic E-state index is 0.0625. The number of carbonyl (C=O) groups is 1. The Morgan fingerprint density at radius 2 is 2.33 bits per heavy atom. The summed E-state index contributed by atoms with van der Waals surface area (Å²) in [5.74, 6) is 1.34. The molecule has 1 aromatic rings. The van der Waals surface area contributed by atoms with E-state index in [0.717, 1.165) is 30.1 Å². The van der Waals surface area contributed by atoms with Crippen LogP contribution in [0, 0.1) is 5.92 Å². The minimum absolute atomic E-state index is 0.0625. The first kappa shape index (κ1) is 12.9. The third-order valence-corrected chi connectivity index (χ3v) is 2.79. The van der Waals surface area contributed by atoms with Gasteiger partial charge in [-0.1, -0.05) is 13.8 Å². The summed E-state index contributed by atoms with van der Waals surface area (Å²) < 4.78 is 5.60. The topological polar surface area (TPSA) is 50.4 Å². The smallest absolute Gasteiger partial charge is 0.224 e. The molecular formula is C14H20N2O2. The first-order chi connectivity index (χ1) is 8.65. The van der Waals surface area contributed by atoms with E-state index in [1.165, 1.54) is 0 Å². The molecule has 18 heavy (non-hydrogen) atoms. The number of amides is 1. The molecule has 1 amide bonds.